The minimum Gasteiger partial charge on any atom is -0.394 e. The molecule has 2 amide bonds. The molecule has 0 aromatic heterocycles. The molecule has 0 fully saturated rings. The maximum atomic E-state index is 12.8. The van der Waals surface area contributed by atoms with Crippen LogP contribution in [0.15, 0.2) is 60.7 Å². The smallest absolute Gasteiger partial charge is 0.252 e. The van der Waals surface area contributed by atoms with E-state index in [1.165, 1.54) is 0 Å². The van der Waals surface area contributed by atoms with Gasteiger partial charge in [0.2, 0.25) is 5.91 Å². The molecule has 3 aromatic carbocycles. The first-order valence-corrected chi connectivity index (χ1v) is 8.89. The van der Waals surface area contributed by atoms with Crippen molar-refractivity contribution >= 4 is 22.6 Å². The van der Waals surface area contributed by atoms with Crippen LogP contribution in [0.2, 0.25) is 0 Å². The van der Waals surface area contributed by atoms with Gasteiger partial charge in [-0.3, -0.25) is 9.59 Å². The Bertz CT molecular complexity index is 994. The van der Waals surface area contributed by atoms with Gasteiger partial charge in [-0.25, -0.2) is 0 Å². The number of fused-ring (bicyclic) bond motifs is 1. The van der Waals surface area contributed by atoms with Crippen molar-refractivity contribution in [3.8, 4) is 11.1 Å². The highest BCUT2D eigenvalue weighted by Crippen LogP contribution is 2.32. The maximum Gasteiger partial charge on any atom is 0.252 e. The second-order valence-corrected chi connectivity index (χ2v) is 6.38. The number of primary amides is 1. The highest BCUT2D eigenvalue weighted by atomic mass is 16.3. The molecule has 0 aliphatic rings. The fourth-order valence-electron chi connectivity index (χ4n) is 3.22. The predicted octanol–water partition coefficient (Wildman–Crippen LogP) is 3.11. The van der Waals surface area contributed by atoms with Crippen LogP contribution in [0, 0.1) is 0 Å². The molecule has 27 heavy (non-hydrogen) atoms. The highest BCUT2D eigenvalue weighted by molar-refractivity contribution is 6.13. The summed E-state index contributed by atoms with van der Waals surface area (Å²) in [6.07, 6.45) is 0.618. The standard InChI is InChI=1S/C22H22N2O3/c1-2-15(13-25)24-22(27)19-10-6-5-9-17(19)18-12-11-14-7-3-4-8-16(14)20(18)21(23)26/h3-12,15,25H,2,13H2,1H3,(H2,23,26)(H,24,27). The molecular formula is C22H22N2O3. The highest BCUT2D eigenvalue weighted by Gasteiger charge is 2.20. The normalized spacial score (nSPS) is 11.9. The first-order valence-electron chi connectivity index (χ1n) is 8.89. The summed E-state index contributed by atoms with van der Waals surface area (Å²) in [5.41, 5.74) is 7.76. The summed E-state index contributed by atoms with van der Waals surface area (Å²) >= 11 is 0. The Balaban J connectivity index is 2.17. The number of nitrogens with two attached hydrogens (primary N) is 1. The van der Waals surface area contributed by atoms with Crippen LogP contribution in [0.1, 0.15) is 34.1 Å². The summed E-state index contributed by atoms with van der Waals surface area (Å²) in [5.74, 6) is -0.839. The molecule has 5 heteroatoms. The molecule has 3 rings (SSSR count). The topological polar surface area (TPSA) is 92.4 Å². The summed E-state index contributed by atoms with van der Waals surface area (Å²) in [4.78, 5) is 25.0. The molecule has 0 saturated heterocycles. The van der Waals surface area contributed by atoms with Gasteiger partial charge in [0.1, 0.15) is 0 Å². The molecular weight excluding hydrogens is 340 g/mol. The van der Waals surface area contributed by atoms with Crippen LogP contribution in [-0.2, 0) is 0 Å². The summed E-state index contributed by atoms with van der Waals surface area (Å²) < 4.78 is 0. The van der Waals surface area contributed by atoms with E-state index < -0.39 is 5.91 Å². The number of aliphatic hydroxyl groups excluding tert-OH is 1. The number of rotatable bonds is 6. The van der Waals surface area contributed by atoms with Gasteiger partial charge < -0.3 is 16.2 Å². The van der Waals surface area contributed by atoms with Gasteiger partial charge >= 0.3 is 0 Å². The molecule has 0 radical (unpaired) electrons. The predicted molar refractivity (Wildman–Crippen MR) is 107 cm³/mol. The maximum absolute atomic E-state index is 12.8. The molecule has 0 aliphatic carbocycles. The van der Waals surface area contributed by atoms with Gasteiger partial charge in [0.05, 0.1) is 18.2 Å². The largest absolute Gasteiger partial charge is 0.394 e. The lowest BCUT2D eigenvalue weighted by Crippen LogP contribution is -2.37. The Labute approximate surface area is 157 Å². The van der Waals surface area contributed by atoms with Crippen molar-refractivity contribution in [1.29, 1.82) is 0 Å². The van der Waals surface area contributed by atoms with Crippen LogP contribution in [0.5, 0.6) is 0 Å². The van der Waals surface area contributed by atoms with E-state index in [0.29, 0.717) is 28.7 Å². The van der Waals surface area contributed by atoms with Crippen molar-refractivity contribution in [1.82, 2.24) is 5.32 Å². The van der Waals surface area contributed by atoms with Crippen molar-refractivity contribution in [2.75, 3.05) is 6.61 Å². The SMILES string of the molecule is CCC(CO)NC(=O)c1ccccc1-c1ccc2ccccc2c1C(N)=O. The van der Waals surface area contributed by atoms with E-state index in [4.69, 9.17) is 5.73 Å². The van der Waals surface area contributed by atoms with Gasteiger partial charge in [0, 0.05) is 5.56 Å². The van der Waals surface area contributed by atoms with E-state index in [-0.39, 0.29) is 18.6 Å². The zero-order valence-electron chi connectivity index (χ0n) is 15.1. The fraction of sp³-hybridized carbons (Fsp3) is 0.182. The van der Waals surface area contributed by atoms with Gasteiger partial charge in [-0.05, 0) is 34.4 Å². The molecule has 0 saturated carbocycles. The quantitative estimate of drug-likeness (QED) is 0.629. The van der Waals surface area contributed by atoms with Crippen molar-refractivity contribution in [3.63, 3.8) is 0 Å². The Kier molecular flexibility index (Phi) is 5.52. The lowest BCUT2D eigenvalue weighted by Gasteiger charge is -2.17. The van der Waals surface area contributed by atoms with E-state index in [0.717, 1.165) is 10.8 Å². The lowest BCUT2D eigenvalue weighted by atomic mass is 9.91. The molecule has 0 bridgehead atoms. The first kappa shape index (κ1) is 18.6. The molecule has 4 N–H and O–H groups in total. The number of hydrogen-bond acceptors (Lipinski definition) is 3. The number of amides is 2. The lowest BCUT2D eigenvalue weighted by molar-refractivity contribution is 0.0914. The Morgan fingerprint density at radius 2 is 1.70 bits per heavy atom. The van der Waals surface area contributed by atoms with Gasteiger partial charge in [0.25, 0.3) is 5.91 Å². The zero-order chi connectivity index (χ0) is 19.4. The number of aliphatic hydroxyl groups is 1. The summed E-state index contributed by atoms with van der Waals surface area (Å²) in [5, 5.41) is 13.8. The van der Waals surface area contributed by atoms with E-state index in [1.54, 1.807) is 18.2 Å². The van der Waals surface area contributed by atoms with E-state index in [1.807, 2.05) is 49.4 Å². The number of carbonyl (C=O) groups is 2. The monoisotopic (exact) mass is 362 g/mol. The van der Waals surface area contributed by atoms with Crippen LogP contribution < -0.4 is 11.1 Å². The van der Waals surface area contributed by atoms with Gasteiger partial charge in [-0.2, -0.15) is 0 Å². The van der Waals surface area contributed by atoms with E-state index in [9.17, 15) is 14.7 Å². The fourth-order valence-corrected chi connectivity index (χ4v) is 3.22. The molecule has 5 nitrogen and oxygen atoms in total. The van der Waals surface area contributed by atoms with Gasteiger partial charge in [-0.15, -0.1) is 0 Å². The van der Waals surface area contributed by atoms with Gasteiger partial charge in [-0.1, -0.05) is 61.5 Å². The summed E-state index contributed by atoms with van der Waals surface area (Å²) in [6, 6.07) is 18.0. The van der Waals surface area contributed by atoms with E-state index >= 15 is 0 Å². The van der Waals surface area contributed by atoms with Crippen molar-refractivity contribution in [3.05, 3.63) is 71.8 Å². The van der Waals surface area contributed by atoms with Crippen LogP contribution in [-0.4, -0.2) is 29.6 Å². The average Bonchev–Trinajstić information content (AvgIpc) is 2.70. The second-order valence-electron chi connectivity index (χ2n) is 6.38. The molecule has 0 spiro atoms. The number of nitrogens with one attached hydrogen (secondary N) is 1. The third-order valence-electron chi connectivity index (χ3n) is 4.69. The number of carbonyl (C=O) groups excluding carboxylic acids is 2. The van der Waals surface area contributed by atoms with Crippen molar-refractivity contribution in [2.45, 2.75) is 19.4 Å². The molecule has 0 aliphatic heterocycles. The third kappa shape index (κ3) is 3.68. The van der Waals surface area contributed by atoms with Crippen LogP contribution in [0.3, 0.4) is 0 Å². The van der Waals surface area contributed by atoms with Crippen LogP contribution in [0.25, 0.3) is 21.9 Å². The number of hydrogen-bond donors (Lipinski definition) is 3. The second kappa shape index (κ2) is 8.01. The molecule has 1 atom stereocenters. The zero-order valence-corrected chi connectivity index (χ0v) is 15.1. The molecule has 1 unspecified atom stereocenters. The van der Waals surface area contributed by atoms with Crippen LogP contribution >= 0.6 is 0 Å². The number of benzene rings is 3. The van der Waals surface area contributed by atoms with Crippen LogP contribution in [0.4, 0.5) is 0 Å². The van der Waals surface area contributed by atoms with Gasteiger partial charge in [0.15, 0.2) is 0 Å². The molecule has 3 aromatic rings. The Morgan fingerprint density at radius 1 is 1.00 bits per heavy atom. The van der Waals surface area contributed by atoms with Crippen molar-refractivity contribution in [2.24, 2.45) is 5.73 Å². The molecule has 138 valence electrons. The average molecular weight is 362 g/mol. The van der Waals surface area contributed by atoms with E-state index in [2.05, 4.69) is 5.32 Å². The summed E-state index contributed by atoms with van der Waals surface area (Å²) in [7, 11) is 0. The minimum atomic E-state index is -0.543. The Hall–Kier alpha value is -3.18. The summed E-state index contributed by atoms with van der Waals surface area (Å²) in [6.45, 7) is 1.76. The Morgan fingerprint density at radius 3 is 2.41 bits per heavy atom. The van der Waals surface area contributed by atoms with Crippen molar-refractivity contribution < 1.29 is 14.7 Å². The third-order valence-corrected chi connectivity index (χ3v) is 4.69. The molecule has 0 heterocycles. The first-order chi connectivity index (χ1) is 13.1. The minimum absolute atomic E-state index is 0.132.